The Morgan fingerprint density at radius 2 is 1.90 bits per heavy atom. The van der Waals surface area contributed by atoms with E-state index in [0.29, 0.717) is 5.69 Å². The largest absolute Gasteiger partial charge is 0.477 e. The first kappa shape index (κ1) is 20.7. The van der Waals surface area contributed by atoms with Gasteiger partial charge < -0.3 is 10.4 Å². The van der Waals surface area contributed by atoms with Crippen molar-refractivity contribution in [1.82, 2.24) is 15.2 Å². The number of carboxylic acid groups (broad SMARTS) is 1. The summed E-state index contributed by atoms with van der Waals surface area (Å²) in [6.07, 6.45) is 4.81. The zero-order valence-electron chi connectivity index (χ0n) is 16.3. The summed E-state index contributed by atoms with van der Waals surface area (Å²) in [7, 11) is -1.57. The van der Waals surface area contributed by atoms with E-state index < -0.39 is 34.1 Å². The van der Waals surface area contributed by atoms with Crippen LogP contribution in [0.3, 0.4) is 0 Å². The van der Waals surface area contributed by atoms with Gasteiger partial charge in [0, 0.05) is 6.20 Å². The van der Waals surface area contributed by atoms with Crippen molar-refractivity contribution in [1.29, 1.82) is 0 Å². The van der Waals surface area contributed by atoms with Crippen LogP contribution in [0.2, 0.25) is 0 Å². The first-order valence-electron chi connectivity index (χ1n) is 9.55. The average molecular weight is 437 g/mol. The molecule has 0 bridgehead atoms. The molecule has 0 spiro atoms. The van der Waals surface area contributed by atoms with Gasteiger partial charge >= 0.3 is 5.97 Å². The molecule has 2 aromatic rings. The number of rotatable bonds is 6. The summed E-state index contributed by atoms with van der Waals surface area (Å²) in [5, 5.41) is 11.4. The normalized spacial score (nSPS) is 22.8. The fourth-order valence-corrected chi connectivity index (χ4v) is 5.24. The number of β-lactam (4-membered cyclic amide) rings is 1. The van der Waals surface area contributed by atoms with Crippen molar-refractivity contribution in [2.45, 2.75) is 17.8 Å². The van der Waals surface area contributed by atoms with E-state index >= 15 is 0 Å². The Morgan fingerprint density at radius 3 is 2.58 bits per heavy atom. The van der Waals surface area contributed by atoms with Crippen LogP contribution in [0.5, 0.6) is 0 Å². The van der Waals surface area contributed by atoms with Gasteiger partial charge in [-0.05, 0) is 29.3 Å². The lowest BCUT2D eigenvalue weighted by atomic mass is 10.0. The Balaban J connectivity index is 1.54. The van der Waals surface area contributed by atoms with Gasteiger partial charge in [-0.2, -0.15) is 0 Å². The Kier molecular flexibility index (Phi) is 5.77. The standard InChI is InChI=1S/C22H19N3O5S/c26-17(12-14-6-2-1-3-7-14)24-18-20(27)25-19(22(28)29)15(13-31(30)21(18)25)9-10-16-8-4-5-11-23-16/h1-11,18,21H,12-13H2,(H,24,26)(H,28,29)/t18?,21-,31?/m0/s1. The molecule has 2 aliphatic rings. The Bertz CT molecular complexity index is 1110. The molecule has 0 radical (unpaired) electrons. The minimum Gasteiger partial charge on any atom is -0.477 e. The second kappa shape index (κ2) is 8.65. The number of benzene rings is 1. The van der Waals surface area contributed by atoms with Crippen LogP contribution in [0.15, 0.2) is 72.1 Å². The monoisotopic (exact) mass is 437 g/mol. The third kappa shape index (κ3) is 4.17. The highest BCUT2D eigenvalue weighted by Gasteiger charge is 2.56. The molecule has 2 N–H and O–H groups in total. The molecule has 8 nitrogen and oxygen atoms in total. The fourth-order valence-electron chi connectivity index (χ4n) is 3.60. The molecule has 2 amide bonds. The number of hydrogen-bond donors (Lipinski definition) is 2. The molecule has 1 aromatic heterocycles. The number of nitrogens with zero attached hydrogens (tertiary/aromatic N) is 2. The highest BCUT2D eigenvalue weighted by molar-refractivity contribution is 7.86. The zero-order valence-corrected chi connectivity index (χ0v) is 17.1. The number of pyridine rings is 1. The van der Waals surface area contributed by atoms with Gasteiger partial charge in [-0.1, -0.05) is 42.5 Å². The van der Waals surface area contributed by atoms with Crippen LogP contribution in [-0.4, -0.2) is 54.2 Å². The summed E-state index contributed by atoms with van der Waals surface area (Å²) in [5.74, 6) is -2.29. The van der Waals surface area contributed by atoms with Crippen LogP contribution in [-0.2, 0) is 31.6 Å². The number of amides is 2. The molecule has 158 valence electrons. The molecule has 2 aliphatic heterocycles. The lowest BCUT2D eigenvalue weighted by Gasteiger charge is -2.48. The number of nitrogens with one attached hydrogen (secondary N) is 1. The minimum atomic E-state index is -1.57. The third-order valence-corrected chi connectivity index (χ3v) is 6.64. The predicted molar refractivity (Wildman–Crippen MR) is 114 cm³/mol. The van der Waals surface area contributed by atoms with Crippen molar-refractivity contribution in [2.75, 3.05) is 5.75 Å². The molecule has 4 rings (SSSR count). The van der Waals surface area contributed by atoms with Crippen LogP contribution in [0, 0.1) is 0 Å². The molecule has 2 unspecified atom stereocenters. The van der Waals surface area contributed by atoms with E-state index in [1.165, 1.54) is 6.08 Å². The SMILES string of the molecule is O=C(Cc1ccccc1)NC1C(=O)N2C(C(=O)O)=C(C=Cc3ccccn3)CS(=O)[C@@H]12. The minimum absolute atomic E-state index is 0.0372. The number of hydrogen-bond acceptors (Lipinski definition) is 5. The highest BCUT2D eigenvalue weighted by Crippen LogP contribution is 2.35. The lowest BCUT2D eigenvalue weighted by Crippen LogP contribution is -2.73. The van der Waals surface area contributed by atoms with Crippen LogP contribution in [0.25, 0.3) is 6.08 Å². The number of aliphatic carboxylic acids is 1. The van der Waals surface area contributed by atoms with Crippen molar-refractivity contribution in [3.05, 3.63) is 83.3 Å². The summed E-state index contributed by atoms with van der Waals surface area (Å²) in [6.45, 7) is 0. The Morgan fingerprint density at radius 1 is 1.16 bits per heavy atom. The lowest BCUT2D eigenvalue weighted by molar-refractivity contribution is -0.150. The van der Waals surface area contributed by atoms with Gasteiger partial charge in [-0.25, -0.2) is 4.79 Å². The topological polar surface area (TPSA) is 117 Å². The molecule has 31 heavy (non-hydrogen) atoms. The van der Waals surface area contributed by atoms with Gasteiger partial charge in [0.25, 0.3) is 5.91 Å². The second-order valence-electron chi connectivity index (χ2n) is 7.10. The molecule has 0 aliphatic carbocycles. The average Bonchev–Trinajstić information content (AvgIpc) is 2.76. The number of carbonyl (C=O) groups excluding carboxylic acids is 2. The van der Waals surface area contributed by atoms with Gasteiger partial charge in [-0.15, -0.1) is 0 Å². The van der Waals surface area contributed by atoms with E-state index in [9.17, 15) is 23.7 Å². The first-order valence-corrected chi connectivity index (χ1v) is 10.9. The molecule has 1 fully saturated rings. The van der Waals surface area contributed by atoms with Gasteiger partial charge in [0.1, 0.15) is 17.1 Å². The first-order chi connectivity index (χ1) is 15.0. The zero-order chi connectivity index (χ0) is 22.0. The van der Waals surface area contributed by atoms with Crippen molar-refractivity contribution in [3.8, 4) is 0 Å². The number of fused-ring (bicyclic) bond motifs is 1. The van der Waals surface area contributed by atoms with E-state index in [-0.39, 0.29) is 29.4 Å². The highest BCUT2D eigenvalue weighted by atomic mass is 32.2. The number of allylic oxidation sites excluding steroid dienone is 1. The van der Waals surface area contributed by atoms with Gasteiger partial charge in [-0.3, -0.25) is 23.7 Å². The maximum absolute atomic E-state index is 12.8. The molecule has 9 heteroatoms. The molecular formula is C22H19N3O5S. The summed E-state index contributed by atoms with van der Waals surface area (Å²) in [6, 6.07) is 13.3. The Hall–Kier alpha value is -3.59. The van der Waals surface area contributed by atoms with E-state index in [4.69, 9.17) is 0 Å². The summed E-state index contributed by atoms with van der Waals surface area (Å²) in [4.78, 5) is 42.1. The summed E-state index contributed by atoms with van der Waals surface area (Å²) in [5.41, 5.74) is 1.44. The van der Waals surface area contributed by atoms with Crippen LogP contribution >= 0.6 is 0 Å². The van der Waals surface area contributed by atoms with Crippen molar-refractivity contribution in [3.63, 3.8) is 0 Å². The molecule has 1 saturated heterocycles. The molecule has 1 aromatic carbocycles. The number of aromatic nitrogens is 1. The van der Waals surface area contributed by atoms with E-state index in [2.05, 4.69) is 10.3 Å². The smallest absolute Gasteiger partial charge is 0.352 e. The van der Waals surface area contributed by atoms with Crippen molar-refractivity contribution >= 4 is 34.7 Å². The maximum atomic E-state index is 12.8. The van der Waals surface area contributed by atoms with Gasteiger partial charge in [0.2, 0.25) is 5.91 Å². The van der Waals surface area contributed by atoms with E-state index in [1.54, 1.807) is 54.7 Å². The van der Waals surface area contributed by atoms with Crippen LogP contribution < -0.4 is 5.32 Å². The molecular weight excluding hydrogens is 418 g/mol. The number of carboxylic acids is 1. The number of carbonyl (C=O) groups is 3. The second-order valence-corrected chi connectivity index (χ2v) is 8.63. The van der Waals surface area contributed by atoms with Crippen LogP contribution in [0.1, 0.15) is 11.3 Å². The van der Waals surface area contributed by atoms with E-state index in [1.807, 2.05) is 6.07 Å². The van der Waals surface area contributed by atoms with Gasteiger partial charge in [0.05, 0.1) is 28.7 Å². The summed E-state index contributed by atoms with van der Waals surface area (Å²) < 4.78 is 12.8. The van der Waals surface area contributed by atoms with Gasteiger partial charge in [0.15, 0.2) is 0 Å². The summed E-state index contributed by atoms with van der Waals surface area (Å²) >= 11 is 0. The van der Waals surface area contributed by atoms with Crippen molar-refractivity contribution < 1.29 is 23.7 Å². The Labute approximate surface area is 180 Å². The molecule has 0 saturated carbocycles. The third-order valence-electron chi connectivity index (χ3n) is 5.02. The van der Waals surface area contributed by atoms with E-state index in [0.717, 1.165) is 10.5 Å². The predicted octanol–water partition coefficient (Wildman–Crippen LogP) is 1.09. The molecule has 3 atom stereocenters. The molecule has 3 heterocycles. The quantitative estimate of drug-likeness (QED) is 0.654. The van der Waals surface area contributed by atoms with Crippen LogP contribution in [0.4, 0.5) is 0 Å². The fraction of sp³-hybridized carbons (Fsp3) is 0.182. The maximum Gasteiger partial charge on any atom is 0.352 e. The van der Waals surface area contributed by atoms with Crippen molar-refractivity contribution in [2.24, 2.45) is 0 Å².